The third-order valence-electron chi connectivity index (χ3n) is 2.91. The lowest BCUT2D eigenvalue weighted by molar-refractivity contribution is -0.324. The molecule has 1 heterocycles. The number of aliphatic hydroxyl groups is 1. The van der Waals surface area contributed by atoms with E-state index in [9.17, 15) is 5.11 Å². The van der Waals surface area contributed by atoms with Crippen LogP contribution < -0.4 is 0 Å². The topological polar surface area (TPSA) is 57.2 Å². The van der Waals surface area contributed by atoms with Crippen molar-refractivity contribution in [2.45, 2.75) is 44.1 Å². The smallest absolute Gasteiger partial charge is 0.186 e. The highest BCUT2D eigenvalue weighted by Gasteiger charge is 2.52. The minimum absolute atomic E-state index is 0.249. The Morgan fingerprint density at radius 3 is 2.00 bits per heavy atom. The van der Waals surface area contributed by atoms with Gasteiger partial charge in [-0.3, -0.25) is 0 Å². The fraction of sp³-hybridized carbons (Fsp3) is 1.00. The predicted octanol–water partition coefficient (Wildman–Crippen LogP) is 0.159. The van der Waals surface area contributed by atoms with Crippen LogP contribution in [0.1, 0.15) is 13.8 Å². The summed E-state index contributed by atoms with van der Waals surface area (Å²) < 4.78 is 21.1. The Bertz CT molecular complexity index is 206. The van der Waals surface area contributed by atoms with Gasteiger partial charge in [0.05, 0.1) is 6.10 Å². The molecule has 0 aromatic rings. The monoisotopic (exact) mass is 220 g/mol. The van der Waals surface area contributed by atoms with Gasteiger partial charge in [-0.25, -0.2) is 0 Å². The molecular formula is C10H20O5. The molecule has 1 aliphatic heterocycles. The minimum Gasteiger partial charge on any atom is -0.384 e. The predicted molar refractivity (Wildman–Crippen MR) is 53.6 cm³/mol. The standard InChI is InChI=1S/C10H20O5/c1-6-7(12-3)10(2,11)8(13-4)9(14-5)15-6/h6-9,11H,1-5H3/t6-,7+,8-,9+,10+/m0/s1. The Balaban J connectivity index is 2.92. The number of rotatable bonds is 3. The summed E-state index contributed by atoms with van der Waals surface area (Å²) in [5.74, 6) is 0. The van der Waals surface area contributed by atoms with Crippen molar-refractivity contribution in [3.05, 3.63) is 0 Å². The van der Waals surface area contributed by atoms with Crippen LogP contribution in [-0.2, 0) is 18.9 Å². The molecule has 5 nitrogen and oxygen atoms in total. The van der Waals surface area contributed by atoms with Crippen LogP contribution in [0.15, 0.2) is 0 Å². The molecule has 0 aliphatic carbocycles. The zero-order chi connectivity index (χ0) is 11.6. The van der Waals surface area contributed by atoms with E-state index < -0.39 is 24.1 Å². The summed E-state index contributed by atoms with van der Waals surface area (Å²) in [5.41, 5.74) is -1.14. The molecule has 1 saturated heterocycles. The van der Waals surface area contributed by atoms with Crippen molar-refractivity contribution >= 4 is 0 Å². The normalized spacial score (nSPS) is 46.8. The second kappa shape index (κ2) is 4.76. The molecule has 5 atom stereocenters. The molecule has 0 unspecified atom stereocenters. The maximum Gasteiger partial charge on any atom is 0.186 e. The van der Waals surface area contributed by atoms with Crippen LogP contribution in [0.25, 0.3) is 0 Å². The van der Waals surface area contributed by atoms with Gasteiger partial charge in [0.1, 0.15) is 17.8 Å². The van der Waals surface area contributed by atoms with Gasteiger partial charge < -0.3 is 24.1 Å². The van der Waals surface area contributed by atoms with Crippen molar-refractivity contribution in [3.8, 4) is 0 Å². The number of ether oxygens (including phenoxy) is 4. The third-order valence-corrected chi connectivity index (χ3v) is 2.91. The molecule has 0 aromatic carbocycles. The van der Waals surface area contributed by atoms with Gasteiger partial charge in [-0.15, -0.1) is 0 Å². The second-order valence-electron chi connectivity index (χ2n) is 3.98. The van der Waals surface area contributed by atoms with Gasteiger partial charge in [0.25, 0.3) is 0 Å². The number of hydrogen-bond acceptors (Lipinski definition) is 5. The lowest BCUT2D eigenvalue weighted by atomic mass is 9.86. The first-order chi connectivity index (χ1) is 6.98. The second-order valence-corrected chi connectivity index (χ2v) is 3.98. The first-order valence-corrected chi connectivity index (χ1v) is 4.95. The van der Waals surface area contributed by atoms with Crippen LogP contribution in [0.3, 0.4) is 0 Å². The van der Waals surface area contributed by atoms with Gasteiger partial charge in [-0.2, -0.15) is 0 Å². The lowest BCUT2D eigenvalue weighted by Gasteiger charge is -2.47. The van der Waals surface area contributed by atoms with E-state index in [1.54, 1.807) is 14.0 Å². The van der Waals surface area contributed by atoms with E-state index >= 15 is 0 Å². The zero-order valence-corrected chi connectivity index (χ0v) is 9.89. The van der Waals surface area contributed by atoms with Gasteiger partial charge in [0.15, 0.2) is 6.29 Å². The van der Waals surface area contributed by atoms with E-state index in [-0.39, 0.29) is 6.10 Å². The molecule has 1 aliphatic rings. The summed E-state index contributed by atoms with van der Waals surface area (Å²) in [6.45, 7) is 3.50. The van der Waals surface area contributed by atoms with E-state index in [1.807, 2.05) is 6.92 Å². The van der Waals surface area contributed by atoms with Crippen molar-refractivity contribution in [2.24, 2.45) is 0 Å². The van der Waals surface area contributed by atoms with Crippen molar-refractivity contribution < 1.29 is 24.1 Å². The third kappa shape index (κ3) is 2.16. The molecule has 1 rings (SSSR count). The number of hydrogen-bond donors (Lipinski definition) is 1. The lowest BCUT2D eigenvalue weighted by Crippen LogP contribution is -2.65. The van der Waals surface area contributed by atoms with Gasteiger partial charge in [0.2, 0.25) is 0 Å². The molecule has 90 valence electrons. The van der Waals surface area contributed by atoms with Crippen molar-refractivity contribution in [1.82, 2.24) is 0 Å². The van der Waals surface area contributed by atoms with Crippen LogP contribution in [-0.4, -0.2) is 56.6 Å². The molecule has 1 N–H and O–H groups in total. The molecular weight excluding hydrogens is 200 g/mol. The molecule has 0 bridgehead atoms. The molecule has 0 saturated carbocycles. The van der Waals surface area contributed by atoms with E-state index in [0.717, 1.165) is 0 Å². The van der Waals surface area contributed by atoms with Crippen molar-refractivity contribution in [1.29, 1.82) is 0 Å². The SMILES string of the molecule is CO[C@@H]1O[C@@H](C)[C@@H](OC)[C@@](C)(O)[C@H]1OC. The fourth-order valence-corrected chi connectivity index (χ4v) is 2.23. The maximum absolute atomic E-state index is 10.4. The van der Waals surface area contributed by atoms with Gasteiger partial charge in [-0.1, -0.05) is 0 Å². The molecule has 5 heteroatoms. The van der Waals surface area contributed by atoms with E-state index in [2.05, 4.69) is 0 Å². The average molecular weight is 220 g/mol. The van der Waals surface area contributed by atoms with Gasteiger partial charge in [0, 0.05) is 21.3 Å². The van der Waals surface area contributed by atoms with Gasteiger partial charge >= 0.3 is 0 Å². The summed E-state index contributed by atoms with van der Waals surface area (Å²) >= 11 is 0. The Morgan fingerprint density at radius 2 is 1.60 bits per heavy atom. The Labute approximate surface area is 90.3 Å². The summed E-state index contributed by atoms with van der Waals surface area (Å²) in [5, 5.41) is 10.4. The summed E-state index contributed by atoms with van der Waals surface area (Å²) in [6.07, 6.45) is -1.83. The minimum atomic E-state index is -1.14. The average Bonchev–Trinajstić information content (AvgIpc) is 2.16. The first kappa shape index (κ1) is 12.9. The van der Waals surface area contributed by atoms with E-state index in [1.165, 1.54) is 14.2 Å². The Kier molecular flexibility index (Phi) is 4.08. The van der Waals surface area contributed by atoms with E-state index in [0.29, 0.717) is 0 Å². The Hall–Kier alpha value is -0.200. The van der Waals surface area contributed by atoms with Gasteiger partial charge in [-0.05, 0) is 13.8 Å². The van der Waals surface area contributed by atoms with Crippen LogP contribution in [0.2, 0.25) is 0 Å². The van der Waals surface area contributed by atoms with Crippen molar-refractivity contribution in [3.63, 3.8) is 0 Å². The molecule has 0 radical (unpaired) electrons. The highest BCUT2D eigenvalue weighted by atomic mass is 16.7. The fourth-order valence-electron chi connectivity index (χ4n) is 2.23. The molecule has 1 fully saturated rings. The van der Waals surface area contributed by atoms with Crippen LogP contribution in [0, 0.1) is 0 Å². The highest BCUT2D eigenvalue weighted by molar-refractivity contribution is 4.99. The molecule has 0 amide bonds. The molecule has 0 spiro atoms. The summed E-state index contributed by atoms with van der Waals surface area (Å²) in [4.78, 5) is 0. The first-order valence-electron chi connectivity index (χ1n) is 4.95. The van der Waals surface area contributed by atoms with Crippen molar-refractivity contribution in [2.75, 3.05) is 21.3 Å². The highest BCUT2D eigenvalue weighted by Crippen LogP contribution is 2.33. The number of methoxy groups -OCH3 is 3. The summed E-state index contributed by atoms with van der Waals surface area (Å²) in [7, 11) is 4.57. The molecule has 15 heavy (non-hydrogen) atoms. The maximum atomic E-state index is 10.4. The quantitative estimate of drug-likeness (QED) is 0.734. The van der Waals surface area contributed by atoms with Crippen LogP contribution in [0.5, 0.6) is 0 Å². The Morgan fingerprint density at radius 1 is 1.07 bits per heavy atom. The van der Waals surface area contributed by atoms with Crippen LogP contribution in [0.4, 0.5) is 0 Å². The van der Waals surface area contributed by atoms with E-state index in [4.69, 9.17) is 18.9 Å². The molecule has 0 aromatic heterocycles. The van der Waals surface area contributed by atoms with Crippen LogP contribution >= 0.6 is 0 Å². The summed E-state index contributed by atoms with van der Waals surface area (Å²) in [6, 6.07) is 0. The largest absolute Gasteiger partial charge is 0.384 e. The zero-order valence-electron chi connectivity index (χ0n) is 9.89.